The number of hydrogen-bond donors (Lipinski definition) is 0. The Hall–Kier alpha value is -1.06. The van der Waals surface area contributed by atoms with Crippen LogP contribution in [0.2, 0.25) is 0 Å². The molecule has 0 aliphatic heterocycles. The molecule has 21 heavy (non-hydrogen) atoms. The summed E-state index contributed by atoms with van der Waals surface area (Å²) < 4.78 is 23.9. The van der Waals surface area contributed by atoms with Crippen molar-refractivity contribution in [1.29, 1.82) is 0 Å². The molecular formula is C17H30FNO2. The molecule has 0 bridgehead atoms. The first-order valence-electron chi connectivity index (χ1n) is 8.28. The number of aromatic nitrogens is 1. The number of methoxy groups -OCH3 is 1. The molecule has 0 spiro atoms. The molecule has 1 unspecified atom stereocenters. The first-order chi connectivity index (χ1) is 10.1. The number of hydrogen-bond acceptors (Lipinski definition) is 3. The molecule has 0 amide bonds. The normalized spacial score (nSPS) is 14.1. The second kappa shape index (κ2) is 9.06. The Kier molecular flexibility index (Phi) is 7.76. The molecule has 1 atom stereocenters. The predicted molar refractivity (Wildman–Crippen MR) is 83.3 cm³/mol. The van der Waals surface area contributed by atoms with E-state index in [-0.39, 0.29) is 11.5 Å². The van der Waals surface area contributed by atoms with Crippen molar-refractivity contribution in [3.05, 3.63) is 11.7 Å². The summed E-state index contributed by atoms with van der Waals surface area (Å²) in [7, 11) is 1.45. The third-order valence-corrected chi connectivity index (χ3v) is 4.23. The summed E-state index contributed by atoms with van der Waals surface area (Å²) in [5.74, 6) is 0. The van der Waals surface area contributed by atoms with Crippen LogP contribution < -0.4 is 4.74 Å². The molecule has 0 fully saturated rings. The highest BCUT2D eigenvalue weighted by Crippen LogP contribution is 2.37. The Bertz CT molecular complexity index is 405. The van der Waals surface area contributed by atoms with E-state index in [4.69, 9.17) is 9.15 Å². The van der Waals surface area contributed by atoms with Crippen LogP contribution in [0.3, 0.4) is 0 Å². The van der Waals surface area contributed by atoms with Crippen LogP contribution in [0.15, 0.2) is 4.42 Å². The third-order valence-electron chi connectivity index (χ3n) is 4.23. The molecule has 122 valence electrons. The highest BCUT2D eigenvalue weighted by atomic mass is 19.1. The van der Waals surface area contributed by atoms with E-state index < -0.39 is 6.01 Å². The van der Waals surface area contributed by atoms with Gasteiger partial charge in [0.2, 0.25) is 0 Å². The van der Waals surface area contributed by atoms with Gasteiger partial charge in [0.05, 0.1) is 7.11 Å². The number of unbranched alkanes of at least 4 members (excludes halogenated alkanes) is 5. The fraction of sp³-hybridized carbons (Fsp3) is 0.824. The van der Waals surface area contributed by atoms with Crippen molar-refractivity contribution in [2.45, 2.75) is 84.0 Å². The quantitative estimate of drug-likeness (QED) is 0.497. The minimum absolute atomic E-state index is 0.0243. The molecule has 0 saturated carbocycles. The highest BCUT2D eigenvalue weighted by Gasteiger charge is 2.33. The summed E-state index contributed by atoms with van der Waals surface area (Å²) in [6.07, 6.45) is 10.2. The number of oxazole rings is 1. The molecule has 1 rings (SSSR count). The molecule has 0 radical (unpaired) electrons. The van der Waals surface area contributed by atoms with Gasteiger partial charge in [-0.1, -0.05) is 65.7 Å². The van der Waals surface area contributed by atoms with Crippen molar-refractivity contribution in [3.8, 4) is 6.08 Å². The summed E-state index contributed by atoms with van der Waals surface area (Å²) in [5.41, 5.74) is 0.176. The Balaban J connectivity index is 2.74. The Morgan fingerprint density at radius 2 is 1.67 bits per heavy atom. The summed E-state index contributed by atoms with van der Waals surface area (Å²) in [6.45, 7) is 6.46. The molecule has 4 heteroatoms. The lowest BCUT2D eigenvalue weighted by atomic mass is 9.77. The number of rotatable bonds is 11. The third kappa shape index (κ3) is 5.33. The topological polar surface area (TPSA) is 35.3 Å². The summed E-state index contributed by atoms with van der Waals surface area (Å²) in [5, 5.41) is 0. The van der Waals surface area contributed by atoms with E-state index in [0.717, 1.165) is 32.1 Å². The molecule has 0 aliphatic carbocycles. The second-order valence-corrected chi connectivity index (χ2v) is 6.13. The van der Waals surface area contributed by atoms with Crippen LogP contribution in [-0.2, 0) is 5.41 Å². The zero-order chi connectivity index (χ0) is 15.7. The van der Waals surface area contributed by atoms with Crippen molar-refractivity contribution in [2.75, 3.05) is 7.11 Å². The summed E-state index contributed by atoms with van der Waals surface area (Å²) in [6, 6.07) is -0.584. The summed E-state index contributed by atoms with van der Waals surface area (Å²) in [4.78, 5) is 4.20. The molecule has 0 aromatic carbocycles. The highest BCUT2D eigenvalue weighted by molar-refractivity contribution is 5.15. The van der Waals surface area contributed by atoms with Crippen LogP contribution in [0.25, 0.3) is 0 Å². The van der Waals surface area contributed by atoms with E-state index in [1.165, 1.54) is 32.8 Å². The van der Waals surface area contributed by atoms with Gasteiger partial charge in [0.25, 0.3) is 0 Å². The predicted octanol–water partition coefficient (Wildman–Crippen LogP) is 5.63. The van der Waals surface area contributed by atoms with Gasteiger partial charge in [0, 0.05) is 5.41 Å². The lowest BCUT2D eigenvalue weighted by Gasteiger charge is -2.27. The van der Waals surface area contributed by atoms with Crippen LogP contribution in [0, 0.1) is 6.01 Å². The maximum atomic E-state index is 14.0. The molecule has 0 aliphatic rings. The summed E-state index contributed by atoms with van der Waals surface area (Å²) >= 11 is 0. The van der Waals surface area contributed by atoms with Crippen molar-refractivity contribution in [2.24, 2.45) is 0 Å². The molecule has 1 aromatic rings. The van der Waals surface area contributed by atoms with Crippen LogP contribution in [-0.4, -0.2) is 12.1 Å². The lowest BCUT2D eigenvalue weighted by Crippen LogP contribution is -2.24. The van der Waals surface area contributed by atoms with Gasteiger partial charge in [-0.25, -0.2) is 0 Å². The monoisotopic (exact) mass is 299 g/mol. The molecule has 1 heterocycles. The van der Waals surface area contributed by atoms with Crippen molar-refractivity contribution in [1.82, 2.24) is 4.98 Å². The van der Waals surface area contributed by atoms with E-state index in [9.17, 15) is 4.39 Å². The first kappa shape index (κ1) is 18.0. The van der Waals surface area contributed by atoms with Gasteiger partial charge in [0.1, 0.15) is 5.69 Å². The van der Waals surface area contributed by atoms with Crippen LogP contribution in [0.5, 0.6) is 6.08 Å². The number of halogens is 1. The fourth-order valence-electron chi connectivity index (χ4n) is 2.79. The van der Waals surface area contributed by atoms with Gasteiger partial charge in [-0.15, -0.1) is 0 Å². The van der Waals surface area contributed by atoms with E-state index in [0.29, 0.717) is 5.69 Å². The Morgan fingerprint density at radius 3 is 2.24 bits per heavy atom. The SMILES string of the molecule is CCCCCCCC(C)(CCCC)c1nc(OC)oc1F. The Labute approximate surface area is 128 Å². The van der Waals surface area contributed by atoms with Crippen LogP contribution in [0.1, 0.15) is 84.3 Å². The average Bonchev–Trinajstić information content (AvgIpc) is 2.87. The fourth-order valence-corrected chi connectivity index (χ4v) is 2.79. The number of ether oxygens (including phenoxy) is 1. The molecule has 0 saturated heterocycles. The van der Waals surface area contributed by atoms with E-state index in [1.54, 1.807) is 0 Å². The van der Waals surface area contributed by atoms with Crippen LogP contribution in [0.4, 0.5) is 4.39 Å². The number of nitrogens with zero attached hydrogens (tertiary/aromatic N) is 1. The molecule has 3 nitrogen and oxygen atoms in total. The largest absolute Gasteiger partial charge is 0.453 e. The zero-order valence-electron chi connectivity index (χ0n) is 14.0. The maximum Gasteiger partial charge on any atom is 0.396 e. The molecular weight excluding hydrogens is 269 g/mol. The van der Waals surface area contributed by atoms with Gasteiger partial charge in [-0.05, 0) is 12.8 Å². The van der Waals surface area contributed by atoms with Crippen molar-refractivity contribution in [3.63, 3.8) is 0 Å². The standard InChI is InChI=1S/C17H30FNO2/c1-5-7-9-10-11-13-17(3,12-8-6-2)14-15(18)21-16(19-14)20-4/h5-13H2,1-4H3. The van der Waals surface area contributed by atoms with Gasteiger partial charge in [0.15, 0.2) is 0 Å². The smallest absolute Gasteiger partial charge is 0.396 e. The average molecular weight is 299 g/mol. The lowest BCUT2D eigenvalue weighted by molar-refractivity contribution is 0.239. The molecule has 0 N–H and O–H groups in total. The van der Waals surface area contributed by atoms with Crippen molar-refractivity contribution >= 4 is 0 Å². The van der Waals surface area contributed by atoms with Crippen LogP contribution >= 0.6 is 0 Å². The van der Waals surface area contributed by atoms with Gasteiger partial charge in [-0.3, -0.25) is 0 Å². The van der Waals surface area contributed by atoms with E-state index in [2.05, 4.69) is 25.8 Å². The van der Waals surface area contributed by atoms with Crippen molar-refractivity contribution < 1.29 is 13.5 Å². The van der Waals surface area contributed by atoms with Gasteiger partial charge < -0.3 is 9.15 Å². The van der Waals surface area contributed by atoms with Gasteiger partial charge >= 0.3 is 12.1 Å². The van der Waals surface area contributed by atoms with E-state index in [1.807, 2.05) is 0 Å². The van der Waals surface area contributed by atoms with Gasteiger partial charge in [-0.2, -0.15) is 9.37 Å². The van der Waals surface area contributed by atoms with E-state index >= 15 is 0 Å². The maximum absolute atomic E-state index is 14.0. The Morgan fingerprint density at radius 1 is 1.05 bits per heavy atom. The molecule has 1 aromatic heterocycles. The minimum atomic E-state index is -0.584. The second-order valence-electron chi connectivity index (χ2n) is 6.13. The first-order valence-corrected chi connectivity index (χ1v) is 8.28. The zero-order valence-corrected chi connectivity index (χ0v) is 14.0. The minimum Gasteiger partial charge on any atom is -0.453 e.